The normalized spacial score (nSPS) is 14.5. The first-order valence-electron chi connectivity index (χ1n) is 13.7. The zero-order valence-corrected chi connectivity index (χ0v) is 22.4. The predicted molar refractivity (Wildman–Crippen MR) is 149 cm³/mol. The largest absolute Gasteiger partial charge is 0.392 e. The summed E-state index contributed by atoms with van der Waals surface area (Å²) < 4.78 is 0. The molecule has 198 valence electrons. The lowest BCUT2D eigenvalue weighted by Gasteiger charge is -2.19. The molecule has 34 heavy (non-hydrogen) atoms. The van der Waals surface area contributed by atoms with Crippen LogP contribution in [0.3, 0.4) is 0 Å². The molecule has 0 amide bonds. The van der Waals surface area contributed by atoms with Gasteiger partial charge >= 0.3 is 0 Å². The highest BCUT2D eigenvalue weighted by molar-refractivity contribution is 4.93. The molecule has 0 aromatic heterocycles. The van der Waals surface area contributed by atoms with E-state index in [2.05, 4.69) is 85.0 Å². The number of nitrogens with zero attached hydrogens (tertiary/aromatic N) is 1. The first-order valence-corrected chi connectivity index (χ1v) is 13.7. The number of hydrogen-bond acceptors (Lipinski definition) is 5. The van der Waals surface area contributed by atoms with Gasteiger partial charge in [0.05, 0.1) is 12.2 Å². The lowest BCUT2D eigenvalue weighted by molar-refractivity contribution is 0.159. The average molecular weight is 478 g/mol. The summed E-state index contributed by atoms with van der Waals surface area (Å²) in [6.45, 7) is 9.29. The van der Waals surface area contributed by atoms with E-state index < -0.39 is 0 Å². The smallest absolute Gasteiger partial charge is 0.0667 e. The number of allylic oxidation sites excluding steroid dienone is 8. The molecule has 0 aromatic carbocycles. The molecule has 0 aliphatic heterocycles. The summed E-state index contributed by atoms with van der Waals surface area (Å²) >= 11 is 0. The molecule has 0 radical (unpaired) electrons. The highest BCUT2D eigenvalue weighted by Gasteiger charge is 2.04. The van der Waals surface area contributed by atoms with Crippen LogP contribution in [0.5, 0.6) is 0 Å². The van der Waals surface area contributed by atoms with Crippen molar-refractivity contribution >= 4 is 0 Å². The highest BCUT2D eigenvalue weighted by Crippen LogP contribution is 2.01. The van der Waals surface area contributed by atoms with Gasteiger partial charge in [0.1, 0.15) is 0 Å². The third-order valence-electron chi connectivity index (χ3n) is 5.56. The molecule has 0 spiro atoms. The van der Waals surface area contributed by atoms with Gasteiger partial charge in [0.15, 0.2) is 0 Å². The Morgan fingerprint density at radius 2 is 1.00 bits per heavy atom. The zero-order chi connectivity index (χ0) is 25.1. The monoisotopic (exact) mass is 477 g/mol. The minimum absolute atomic E-state index is 0.291. The van der Waals surface area contributed by atoms with Crippen molar-refractivity contribution in [3.63, 3.8) is 0 Å². The van der Waals surface area contributed by atoms with Crippen molar-refractivity contribution in [2.45, 2.75) is 90.3 Å². The molecule has 5 nitrogen and oxygen atoms in total. The Morgan fingerprint density at radius 3 is 1.38 bits per heavy atom. The Labute approximate surface area is 211 Å². The molecule has 4 N–H and O–H groups in total. The van der Waals surface area contributed by atoms with Gasteiger partial charge in [-0.15, -0.1) is 0 Å². The van der Waals surface area contributed by atoms with Crippen molar-refractivity contribution in [1.29, 1.82) is 0 Å². The first kappa shape index (κ1) is 32.8. The summed E-state index contributed by atoms with van der Waals surface area (Å²) in [5.41, 5.74) is 0. The fraction of sp³-hybridized carbons (Fsp3) is 0.724. The van der Waals surface area contributed by atoms with Gasteiger partial charge in [-0.2, -0.15) is 0 Å². The van der Waals surface area contributed by atoms with Crippen LogP contribution in [0.4, 0.5) is 0 Å². The van der Waals surface area contributed by atoms with Crippen LogP contribution in [0.15, 0.2) is 48.6 Å². The van der Waals surface area contributed by atoms with Gasteiger partial charge in [0.2, 0.25) is 0 Å². The second-order valence-corrected chi connectivity index (χ2v) is 9.11. The molecule has 2 unspecified atom stereocenters. The van der Waals surface area contributed by atoms with E-state index in [1.54, 1.807) is 0 Å². The van der Waals surface area contributed by atoms with E-state index >= 15 is 0 Å². The van der Waals surface area contributed by atoms with Gasteiger partial charge in [0.25, 0.3) is 0 Å². The van der Waals surface area contributed by atoms with Crippen molar-refractivity contribution in [2.24, 2.45) is 0 Å². The fourth-order valence-electron chi connectivity index (χ4n) is 3.32. The van der Waals surface area contributed by atoms with Crippen molar-refractivity contribution in [3.8, 4) is 0 Å². The third kappa shape index (κ3) is 25.4. The number of hydrogen-bond donors (Lipinski definition) is 4. The van der Waals surface area contributed by atoms with Gasteiger partial charge in [0, 0.05) is 39.3 Å². The molecular formula is C29H55N3O2. The Kier molecular flexibility index (Phi) is 25.4. The summed E-state index contributed by atoms with van der Waals surface area (Å²) in [5.74, 6) is 0. The summed E-state index contributed by atoms with van der Waals surface area (Å²) in [6, 6.07) is 0. The van der Waals surface area contributed by atoms with Crippen LogP contribution in [0.2, 0.25) is 0 Å². The Balaban J connectivity index is 3.55. The summed E-state index contributed by atoms with van der Waals surface area (Å²) in [7, 11) is 2.11. The molecule has 2 atom stereocenters. The van der Waals surface area contributed by atoms with E-state index in [-0.39, 0.29) is 12.2 Å². The van der Waals surface area contributed by atoms with Crippen LogP contribution in [0.1, 0.15) is 78.1 Å². The number of rotatable bonds is 24. The molecule has 5 heteroatoms. The van der Waals surface area contributed by atoms with Gasteiger partial charge in [-0.25, -0.2) is 0 Å². The summed E-state index contributed by atoms with van der Waals surface area (Å²) in [6.07, 6.45) is 27.1. The topological polar surface area (TPSA) is 67.8 Å². The third-order valence-corrected chi connectivity index (χ3v) is 5.56. The molecule has 0 aliphatic rings. The number of unbranched alkanes of at least 4 members (excludes halogenated alkanes) is 2. The van der Waals surface area contributed by atoms with Crippen LogP contribution in [-0.4, -0.2) is 73.6 Å². The second kappa shape index (κ2) is 26.4. The van der Waals surface area contributed by atoms with Crippen LogP contribution >= 0.6 is 0 Å². The van der Waals surface area contributed by atoms with E-state index in [0.717, 1.165) is 77.5 Å². The molecule has 0 fully saturated rings. The van der Waals surface area contributed by atoms with Gasteiger partial charge in [-0.05, 0) is 58.4 Å². The minimum Gasteiger partial charge on any atom is -0.392 e. The second-order valence-electron chi connectivity index (χ2n) is 9.11. The van der Waals surface area contributed by atoms with E-state index in [9.17, 15) is 10.2 Å². The maximum Gasteiger partial charge on any atom is 0.0667 e. The van der Waals surface area contributed by atoms with Crippen molar-refractivity contribution in [2.75, 3.05) is 46.3 Å². The zero-order valence-electron chi connectivity index (χ0n) is 22.4. The van der Waals surface area contributed by atoms with E-state index in [4.69, 9.17) is 0 Å². The lowest BCUT2D eigenvalue weighted by atomic mass is 10.1. The molecule has 0 rings (SSSR count). The van der Waals surface area contributed by atoms with E-state index in [0.29, 0.717) is 13.1 Å². The molecule has 0 saturated carbocycles. The van der Waals surface area contributed by atoms with E-state index in [1.807, 2.05) is 0 Å². The average Bonchev–Trinajstić information content (AvgIpc) is 2.83. The summed E-state index contributed by atoms with van der Waals surface area (Å²) in [5, 5.41) is 26.9. The van der Waals surface area contributed by atoms with Crippen LogP contribution in [0.25, 0.3) is 0 Å². The van der Waals surface area contributed by atoms with Gasteiger partial charge < -0.3 is 25.7 Å². The Bertz CT molecular complexity index is 485. The highest BCUT2D eigenvalue weighted by atomic mass is 16.3. The van der Waals surface area contributed by atoms with Crippen molar-refractivity contribution < 1.29 is 10.2 Å². The number of likely N-dealkylation sites (N-methyl/N-ethyl adjacent to an activating group) is 1. The van der Waals surface area contributed by atoms with E-state index in [1.165, 1.54) is 12.8 Å². The minimum atomic E-state index is -0.291. The molecular weight excluding hydrogens is 422 g/mol. The first-order chi connectivity index (χ1) is 16.6. The Morgan fingerprint density at radius 1 is 0.618 bits per heavy atom. The van der Waals surface area contributed by atoms with Crippen LogP contribution < -0.4 is 10.6 Å². The molecule has 0 aliphatic carbocycles. The SMILES string of the molecule is CCC/C=C\C/C=C\CCC(O)CNCCN(C)CCNCC(O)CC/C=C\C/C=C\CCC. The number of aliphatic hydroxyl groups is 2. The molecule has 0 heterocycles. The fourth-order valence-corrected chi connectivity index (χ4v) is 3.32. The van der Waals surface area contributed by atoms with Crippen molar-refractivity contribution in [1.82, 2.24) is 15.5 Å². The molecule has 0 aromatic rings. The summed E-state index contributed by atoms with van der Waals surface area (Å²) in [4.78, 5) is 2.27. The number of nitrogens with one attached hydrogen (secondary N) is 2. The Hall–Kier alpha value is -1.24. The quantitative estimate of drug-likeness (QED) is 0.117. The maximum atomic E-state index is 10.1. The molecule has 0 saturated heterocycles. The van der Waals surface area contributed by atoms with Gasteiger partial charge in [-0.3, -0.25) is 0 Å². The number of aliphatic hydroxyl groups excluding tert-OH is 2. The lowest BCUT2D eigenvalue weighted by Crippen LogP contribution is -2.38. The standard InChI is InChI=1S/C29H55N3O2/c1-4-6-8-10-12-14-16-18-20-28(33)26-30-22-24-32(3)25-23-31-27-29(34)21-19-17-15-13-11-9-7-5-2/h8-11,14-17,28-31,33-34H,4-7,12-13,18-27H2,1-3H3/b10-8-,11-9-,16-14-,17-15-. The predicted octanol–water partition coefficient (Wildman–Crippen LogP) is 4.98. The van der Waals surface area contributed by atoms with Gasteiger partial charge in [-0.1, -0.05) is 75.3 Å². The molecule has 0 bridgehead atoms. The van der Waals surface area contributed by atoms with Crippen LogP contribution in [0, 0.1) is 0 Å². The van der Waals surface area contributed by atoms with Crippen LogP contribution in [-0.2, 0) is 0 Å². The van der Waals surface area contributed by atoms with Crippen molar-refractivity contribution in [3.05, 3.63) is 48.6 Å². The maximum absolute atomic E-state index is 10.1.